The molecule has 1 aromatic heterocycles. The fraction of sp³-hybridized carbons (Fsp3) is 0.222. The van der Waals surface area contributed by atoms with Crippen molar-refractivity contribution in [1.29, 1.82) is 0 Å². The lowest BCUT2D eigenvalue weighted by atomic mass is 9.99. The molecule has 5 rings (SSSR count). The Balaban J connectivity index is 1.42. The van der Waals surface area contributed by atoms with Crippen LogP contribution in [-0.4, -0.2) is 18.1 Å². The van der Waals surface area contributed by atoms with E-state index < -0.39 is 0 Å². The smallest absolute Gasteiger partial charge is 0.128 e. The zero-order valence-corrected chi connectivity index (χ0v) is 17.3. The molecule has 0 amide bonds. The van der Waals surface area contributed by atoms with E-state index in [1.54, 1.807) is 0 Å². The van der Waals surface area contributed by atoms with Crippen LogP contribution < -0.4 is 9.64 Å². The highest BCUT2D eigenvalue weighted by Gasteiger charge is 2.24. The van der Waals surface area contributed by atoms with Gasteiger partial charge >= 0.3 is 0 Å². The number of hydrogen-bond acceptors (Lipinski definition) is 3. The molecule has 1 saturated heterocycles. The minimum atomic E-state index is 0.680. The Morgan fingerprint density at radius 1 is 0.900 bits per heavy atom. The Bertz CT molecular complexity index is 1140. The summed E-state index contributed by atoms with van der Waals surface area (Å²) in [5.41, 5.74) is 4.78. The van der Waals surface area contributed by atoms with Gasteiger partial charge in [0.05, 0.1) is 5.52 Å². The van der Waals surface area contributed by atoms with Crippen molar-refractivity contribution in [3.63, 3.8) is 0 Å². The van der Waals surface area contributed by atoms with E-state index in [0.29, 0.717) is 5.92 Å². The molecule has 3 aromatic carbocycles. The second-order valence-electron chi connectivity index (χ2n) is 8.17. The lowest BCUT2D eigenvalue weighted by Gasteiger charge is -2.22. The molecule has 1 fully saturated rings. The van der Waals surface area contributed by atoms with Crippen LogP contribution in [0.2, 0.25) is 0 Å². The summed E-state index contributed by atoms with van der Waals surface area (Å²) in [7, 11) is 0. The minimum Gasteiger partial charge on any atom is -0.457 e. The van der Waals surface area contributed by atoms with E-state index in [4.69, 9.17) is 9.72 Å². The molecule has 30 heavy (non-hydrogen) atoms. The van der Waals surface area contributed by atoms with Crippen LogP contribution in [0.5, 0.6) is 11.5 Å². The molecule has 4 aromatic rings. The maximum atomic E-state index is 6.09. The predicted molar refractivity (Wildman–Crippen MR) is 123 cm³/mol. The highest BCUT2D eigenvalue weighted by atomic mass is 16.5. The first-order valence-corrected chi connectivity index (χ1v) is 10.7. The highest BCUT2D eigenvalue weighted by molar-refractivity contribution is 5.93. The van der Waals surface area contributed by atoms with Crippen LogP contribution in [0.25, 0.3) is 10.9 Å². The Kier molecular flexibility index (Phi) is 5.10. The monoisotopic (exact) mass is 394 g/mol. The van der Waals surface area contributed by atoms with Gasteiger partial charge in [0, 0.05) is 29.9 Å². The molecule has 2 heterocycles. The number of pyridine rings is 1. The summed E-state index contributed by atoms with van der Waals surface area (Å²) < 4.78 is 6.09. The number of benzene rings is 3. The van der Waals surface area contributed by atoms with Crippen molar-refractivity contribution in [2.75, 3.05) is 18.0 Å². The number of ether oxygens (including phenoxy) is 1. The van der Waals surface area contributed by atoms with Crippen LogP contribution in [0.4, 0.5) is 5.69 Å². The molecule has 1 atom stereocenters. The van der Waals surface area contributed by atoms with Gasteiger partial charge in [-0.3, -0.25) is 4.98 Å². The summed E-state index contributed by atoms with van der Waals surface area (Å²) in [6.07, 6.45) is 2.36. The third-order valence-electron chi connectivity index (χ3n) is 5.86. The summed E-state index contributed by atoms with van der Waals surface area (Å²) in [6, 6.07) is 29.2. The van der Waals surface area contributed by atoms with Crippen molar-refractivity contribution < 1.29 is 4.74 Å². The molecule has 1 aliphatic rings. The van der Waals surface area contributed by atoms with Gasteiger partial charge < -0.3 is 9.64 Å². The maximum absolute atomic E-state index is 6.09. The second kappa shape index (κ2) is 8.19. The molecule has 0 N–H and O–H groups in total. The molecule has 0 bridgehead atoms. The molecule has 0 spiro atoms. The largest absolute Gasteiger partial charge is 0.457 e. The van der Waals surface area contributed by atoms with E-state index >= 15 is 0 Å². The number of aromatic nitrogens is 1. The summed E-state index contributed by atoms with van der Waals surface area (Å²) in [5.74, 6) is 2.38. The zero-order chi connectivity index (χ0) is 20.3. The third-order valence-corrected chi connectivity index (χ3v) is 5.86. The van der Waals surface area contributed by atoms with E-state index in [9.17, 15) is 0 Å². The quantitative estimate of drug-likeness (QED) is 0.391. The number of hydrogen-bond donors (Lipinski definition) is 0. The van der Waals surface area contributed by atoms with Gasteiger partial charge in [-0.2, -0.15) is 0 Å². The van der Waals surface area contributed by atoms with E-state index in [1.807, 2.05) is 36.4 Å². The summed E-state index contributed by atoms with van der Waals surface area (Å²) in [6.45, 7) is 4.24. The van der Waals surface area contributed by atoms with Gasteiger partial charge in [-0.1, -0.05) is 48.5 Å². The number of anilines is 1. The first-order chi connectivity index (χ1) is 14.7. The first kappa shape index (κ1) is 18.7. The summed E-state index contributed by atoms with van der Waals surface area (Å²) in [5, 5.41) is 1.16. The fourth-order valence-corrected chi connectivity index (χ4v) is 4.43. The van der Waals surface area contributed by atoms with Crippen LogP contribution in [0.3, 0.4) is 0 Å². The van der Waals surface area contributed by atoms with Gasteiger partial charge in [-0.05, 0) is 67.6 Å². The van der Waals surface area contributed by atoms with E-state index in [0.717, 1.165) is 47.6 Å². The van der Waals surface area contributed by atoms with Gasteiger partial charge in [0.15, 0.2) is 0 Å². The minimum absolute atomic E-state index is 0.680. The van der Waals surface area contributed by atoms with Gasteiger partial charge in [0.25, 0.3) is 0 Å². The third kappa shape index (κ3) is 4.02. The van der Waals surface area contributed by atoms with Crippen LogP contribution in [-0.2, 0) is 6.42 Å². The maximum Gasteiger partial charge on any atom is 0.128 e. The lowest BCUT2D eigenvalue weighted by Crippen LogP contribution is -2.20. The van der Waals surface area contributed by atoms with Gasteiger partial charge in [0.2, 0.25) is 0 Å². The first-order valence-electron chi connectivity index (χ1n) is 10.7. The lowest BCUT2D eigenvalue weighted by molar-refractivity contribution is 0.483. The van der Waals surface area contributed by atoms with Crippen molar-refractivity contribution >= 4 is 16.6 Å². The zero-order valence-electron chi connectivity index (χ0n) is 17.3. The number of aryl methyl sites for hydroxylation is 1. The van der Waals surface area contributed by atoms with Crippen molar-refractivity contribution in [3.05, 3.63) is 96.2 Å². The molecular formula is C27H26N2O. The van der Waals surface area contributed by atoms with E-state index in [1.165, 1.54) is 17.7 Å². The average molecular weight is 395 g/mol. The Labute approximate surface area is 178 Å². The van der Waals surface area contributed by atoms with Crippen molar-refractivity contribution in [3.8, 4) is 11.5 Å². The van der Waals surface area contributed by atoms with Gasteiger partial charge in [0.1, 0.15) is 11.5 Å². The molecule has 1 aliphatic heterocycles. The Morgan fingerprint density at radius 2 is 1.67 bits per heavy atom. The Morgan fingerprint density at radius 3 is 2.47 bits per heavy atom. The van der Waals surface area contributed by atoms with Crippen LogP contribution in [0.15, 0.2) is 84.9 Å². The molecule has 0 radical (unpaired) electrons. The van der Waals surface area contributed by atoms with Crippen molar-refractivity contribution in [1.82, 2.24) is 4.98 Å². The summed E-state index contributed by atoms with van der Waals surface area (Å²) in [4.78, 5) is 7.29. The predicted octanol–water partition coefficient (Wildman–Crippen LogP) is 6.40. The van der Waals surface area contributed by atoms with E-state index in [-0.39, 0.29) is 0 Å². The standard InChI is InChI=1S/C27H26N2O/c1-20-16-27(29-15-14-22(19-29)17-21-8-4-2-5-9-21)25-18-24(12-13-26(25)28-20)30-23-10-6-3-7-11-23/h2-13,16,18,22H,14-15,17,19H2,1H3/t22-/m0/s1. The average Bonchev–Trinajstić information content (AvgIpc) is 3.23. The topological polar surface area (TPSA) is 25.4 Å². The number of nitrogens with zero attached hydrogens (tertiary/aromatic N) is 2. The normalized spacial score (nSPS) is 16.2. The molecular weight excluding hydrogens is 368 g/mol. The summed E-state index contributed by atoms with van der Waals surface area (Å²) >= 11 is 0. The van der Waals surface area contributed by atoms with Crippen molar-refractivity contribution in [2.24, 2.45) is 5.92 Å². The van der Waals surface area contributed by atoms with Crippen molar-refractivity contribution in [2.45, 2.75) is 19.8 Å². The molecule has 0 saturated carbocycles. The molecule has 0 unspecified atom stereocenters. The fourth-order valence-electron chi connectivity index (χ4n) is 4.43. The molecule has 3 nitrogen and oxygen atoms in total. The van der Waals surface area contributed by atoms with Gasteiger partial charge in [-0.15, -0.1) is 0 Å². The van der Waals surface area contributed by atoms with Crippen LogP contribution >= 0.6 is 0 Å². The van der Waals surface area contributed by atoms with E-state index in [2.05, 4.69) is 60.4 Å². The highest BCUT2D eigenvalue weighted by Crippen LogP contribution is 2.35. The van der Waals surface area contributed by atoms with Crippen LogP contribution in [0, 0.1) is 12.8 Å². The van der Waals surface area contributed by atoms with Crippen LogP contribution in [0.1, 0.15) is 17.7 Å². The molecule has 150 valence electrons. The SMILES string of the molecule is Cc1cc(N2CC[C@@H](Cc3ccccc3)C2)c2cc(Oc3ccccc3)ccc2n1. The van der Waals surface area contributed by atoms with Gasteiger partial charge in [-0.25, -0.2) is 0 Å². The number of para-hydroxylation sites is 1. The molecule has 3 heteroatoms. The number of rotatable bonds is 5. The Hall–Kier alpha value is -3.33. The second-order valence-corrected chi connectivity index (χ2v) is 8.17. The number of fused-ring (bicyclic) bond motifs is 1. The molecule has 0 aliphatic carbocycles.